The van der Waals surface area contributed by atoms with Crippen LogP contribution in [0.2, 0.25) is 0 Å². The number of halogens is 1. The number of fused-ring (bicyclic) bond motifs is 3. The molecule has 0 saturated heterocycles. The van der Waals surface area contributed by atoms with Gasteiger partial charge in [-0.3, -0.25) is 0 Å². The summed E-state index contributed by atoms with van der Waals surface area (Å²) in [5, 5.41) is 2.07. The Labute approximate surface area is 227 Å². The molecule has 5 aromatic carbocycles. The molecule has 5 heteroatoms. The van der Waals surface area contributed by atoms with E-state index < -0.39 is 0 Å². The molecule has 0 N–H and O–H groups in total. The van der Waals surface area contributed by atoms with Crippen LogP contribution in [0, 0.1) is 0 Å². The van der Waals surface area contributed by atoms with Crippen molar-refractivity contribution in [1.29, 1.82) is 0 Å². The van der Waals surface area contributed by atoms with Crippen molar-refractivity contribution >= 4 is 37.9 Å². The van der Waals surface area contributed by atoms with E-state index in [1.807, 2.05) is 72.8 Å². The zero-order valence-corrected chi connectivity index (χ0v) is 21.8. The highest BCUT2D eigenvalue weighted by Gasteiger charge is 2.18. The van der Waals surface area contributed by atoms with Gasteiger partial charge in [0.05, 0.1) is 10.0 Å². The molecular weight excluding hydrogens is 534 g/mol. The lowest BCUT2D eigenvalue weighted by molar-refractivity contribution is 0.667. The highest BCUT2D eigenvalue weighted by molar-refractivity contribution is 9.10. The minimum atomic E-state index is 0.571. The van der Waals surface area contributed by atoms with Crippen molar-refractivity contribution in [3.05, 3.63) is 126 Å². The van der Waals surface area contributed by atoms with Crippen LogP contribution in [-0.2, 0) is 0 Å². The van der Waals surface area contributed by atoms with E-state index in [0.29, 0.717) is 17.5 Å². The molecule has 7 rings (SSSR count). The van der Waals surface area contributed by atoms with Gasteiger partial charge in [-0.15, -0.1) is 0 Å². The van der Waals surface area contributed by atoms with E-state index >= 15 is 0 Å². The summed E-state index contributed by atoms with van der Waals surface area (Å²) in [6, 6.07) is 40.8. The third-order valence-electron chi connectivity index (χ3n) is 6.63. The quantitative estimate of drug-likeness (QED) is 0.218. The fraction of sp³-hybridized carbons (Fsp3) is 0. The molecule has 0 fully saturated rings. The predicted octanol–water partition coefficient (Wildman–Crippen LogP) is 9.20. The molecule has 38 heavy (non-hydrogen) atoms. The fourth-order valence-corrected chi connectivity index (χ4v) is 5.19. The van der Waals surface area contributed by atoms with Gasteiger partial charge in [-0.1, -0.05) is 109 Å². The number of aromatic nitrogens is 3. The van der Waals surface area contributed by atoms with E-state index in [1.54, 1.807) is 0 Å². The maximum absolute atomic E-state index is 6.38. The largest absolute Gasteiger partial charge is 0.454 e. The Morgan fingerprint density at radius 1 is 0.421 bits per heavy atom. The van der Waals surface area contributed by atoms with Gasteiger partial charge < -0.3 is 4.42 Å². The monoisotopic (exact) mass is 553 g/mol. The van der Waals surface area contributed by atoms with E-state index in [4.69, 9.17) is 19.4 Å². The summed E-state index contributed by atoms with van der Waals surface area (Å²) in [5.41, 5.74) is 6.55. The number of para-hydroxylation sites is 2. The van der Waals surface area contributed by atoms with Crippen molar-refractivity contribution in [1.82, 2.24) is 15.0 Å². The van der Waals surface area contributed by atoms with Crippen LogP contribution in [0.1, 0.15) is 0 Å². The van der Waals surface area contributed by atoms with Crippen LogP contribution in [0.3, 0.4) is 0 Å². The number of benzene rings is 5. The molecule has 0 aliphatic heterocycles. The van der Waals surface area contributed by atoms with Crippen LogP contribution in [0.5, 0.6) is 0 Å². The van der Waals surface area contributed by atoms with Crippen LogP contribution >= 0.6 is 15.9 Å². The average Bonchev–Trinajstić information content (AvgIpc) is 3.38. The zero-order chi connectivity index (χ0) is 25.5. The zero-order valence-electron chi connectivity index (χ0n) is 20.2. The molecular formula is C33H20BrN3O. The lowest BCUT2D eigenvalue weighted by Crippen LogP contribution is -2.00. The van der Waals surface area contributed by atoms with Gasteiger partial charge in [0, 0.05) is 21.9 Å². The second-order valence-corrected chi connectivity index (χ2v) is 9.87. The fourth-order valence-electron chi connectivity index (χ4n) is 4.75. The van der Waals surface area contributed by atoms with Crippen molar-refractivity contribution in [2.75, 3.05) is 0 Å². The maximum atomic E-state index is 6.38. The molecule has 0 aliphatic rings. The van der Waals surface area contributed by atoms with Crippen molar-refractivity contribution in [3.8, 4) is 45.3 Å². The lowest BCUT2D eigenvalue weighted by Gasteiger charge is -2.09. The van der Waals surface area contributed by atoms with Crippen LogP contribution in [0.4, 0.5) is 0 Å². The molecule has 0 saturated carbocycles. The van der Waals surface area contributed by atoms with Gasteiger partial charge in [-0.25, -0.2) is 15.0 Å². The van der Waals surface area contributed by atoms with Gasteiger partial charge >= 0.3 is 0 Å². The number of furan rings is 1. The topological polar surface area (TPSA) is 51.8 Å². The summed E-state index contributed by atoms with van der Waals surface area (Å²) >= 11 is 3.63. The predicted molar refractivity (Wildman–Crippen MR) is 157 cm³/mol. The molecule has 0 radical (unpaired) electrons. The van der Waals surface area contributed by atoms with Crippen molar-refractivity contribution in [3.63, 3.8) is 0 Å². The van der Waals surface area contributed by atoms with Gasteiger partial charge in [0.25, 0.3) is 0 Å². The molecule has 0 unspecified atom stereocenters. The Hall–Kier alpha value is -4.61. The molecule has 2 aromatic heterocycles. The number of rotatable bonds is 4. The van der Waals surface area contributed by atoms with Crippen LogP contribution in [0.25, 0.3) is 67.2 Å². The van der Waals surface area contributed by atoms with Gasteiger partial charge in [-0.2, -0.15) is 0 Å². The first-order valence-corrected chi connectivity index (χ1v) is 13.1. The normalized spacial score (nSPS) is 11.3. The average molecular weight is 554 g/mol. The summed E-state index contributed by atoms with van der Waals surface area (Å²) in [5.74, 6) is 1.80. The molecule has 2 heterocycles. The molecule has 180 valence electrons. The second-order valence-electron chi connectivity index (χ2n) is 9.02. The van der Waals surface area contributed by atoms with E-state index in [0.717, 1.165) is 48.7 Å². The van der Waals surface area contributed by atoms with Gasteiger partial charge in [0.2, 0.25) is 0 Å². The van der Waals surface area contributed by atoms with E-state index in [2.05, 4.69) is 64.5 Å². The highest BCUT2D eigenvalue weighted by atomic mass is 79.9. The Balaban J connectivity index is 1.42. The third kappa shape index (κ3) is 3.98. The summed E-state index contributed by atoms with van der Waals surface area (Å²) in [7, 11) is 0. The first kappa shape index (κ1) is 22.6. The first-order chi connectivity index (χ1) is 18.7. The maximum Gasteiger partial charge on any atom is 0.167 e. The van der Waals surface area contributed by atoms with E-state index in [1.165, 1.54) is 5.56 Å². The van der Waals surface area contributed by atoms with Gasteiger partial charge in [0.15, 0.2) is 17.5 Å². The molecule has 7 aromatic rings. The summed E-state index contributed by atoms with van der Waals surface area (Å²) in [6.07, 6.45) is 0. The summed E-state index contributed by atoms with van der Waals surface area (Å²) < 4.78 is 7.29. The first-order valence-electron chi connectivity index (χ1n) is 12.3. The SMILES string of the molecule is Brc1cccc2c1oc1c(-c3nc(-c4ccccc4)nc(-c4ccc(-c5ccccc5)cc4)n3)cccc12. The molecule has 0 amide bonds. The molecule has 0 bridgehead atoms. The van der Waals surface area contributed by atoms with Crippen LogP contribution < -0.4 is 0 Å². The number of hydrogen-bond acceptors (Lipinski definition) is 4. The minimum absolute atomic E-state index is 0.571. The molecule has 0 aliphatic carbocycles. The second kappa shape index (κ2) is 9.36. The van der Waals surface area contributed by atoms with E-state index in [-0.39, 0.29) is 0 Å². The van der Waals surface area contributed by atoms with Crippen LogP contribution in [-0.4, -0.2) is 15.0 Å². The summed E-state index contributed by atoms with van der Waals surface area (Å²) in [6.45, 7) is 0. The Morgan fingerprint density at radius 3 is 1.61 bits per heavy atom. The minimum Gasteiger partial charge on any atom is -0.454 e. The Morgan fingerprint density at radius 2 is 0.921 bits per heavy atom. The smallest absolute Gasteiger partial charge is 0.167 e. The Kier molecular flexibility index (Phi) is 5.56. The standard InChI is InChI=1S/C33H20BrN3O/c34-28-16-8-14-26-25-13-7-15-27(29(25)38-30(26)28)33-36-31(23-11-5-2-6-12-23)35-32(37-33)24-19-17-22(18-20-24)21-9-3-1-4-10-21/h1-20H. The number of nitrogens with zero attached hydrogens (tertiary/aromatic N) is 3. The highest BCUT2D eigenvalue weighted by Crippen LogP contribution is 2.38. The lowest BCUT2D eigenvalue weighted by atomic mass is 10.0. The Bertz CT molecular complexity index is 1910. The molecule has 4 nitrogen and oxygen atoms in total. The molecule has 0 atom stereocenters. The molecule has 0 spiro atoms. The van der Waals surface area contributed by atoms with Gasteiger partial charge in [0.1, 0.15) is 11.2 Å². The van der Waals surface area contributed by atoms with Crippen molar-refractivity contribution in [2.24, 2.45) is 0 Å². The van der Waals surface area contributed by atoms with Crippen LogP contribution in [0.15, 0.2) is 130 Å². The van der Waals surface area contributed by atoms with Gasteiger partial charge in [-0.05, 0) is 39.2 Å². The summed E-state index contributed by atoms with van der Waals surface area (Å²) in [4.78, 5) is 14.7. The van der Waals surface area contributed by atoms with Crippen molar-refractivity contribution in [2.45, 2.75) is 0 Å². The van der Waals surface area contributed by atoms with Crippen molar-refractivity contribution < 1.29 is 4.42 Å². The van der Waals surface area contributed by atoms with E-state index in [9.17, 15) is 0 Å². The number of hydrogen-bond donors (Lipinski definition) is 0. The third-order valence-corrected chi connectivity index (χ3v) is 7.26.